The van der Waals surface area contributed by atoms with E-state index < -0.39 is 45.6 Å². The molecule has 1 N–H and O–H groups in total. The van der Waals surface area contributed by atoms with Gasteiger partial charge in [0, 0.05) is 37.8 Å². The van der Waals surface area contributed by atoms with Gasteiger partial charge < -0.3 is 14.7 Å². The molecular weight excluding hydrogens is 511 g/mol. The molecule has 37 heavy (non-hydrogen) atoms. The lowest BCUT2D eigenvalue weighted by Crippen LogP contribution is -2.41. The summed E-state index contributed by atoms with van der Waals surface area (Å²) in [4.78, 5) is 12.8. The summed E-state index contributed by atoms with van der Waals surface area (Å²) >= 11 is 0. The highest BCUT2D eigenvalue weighted by Crippen LogP contribution is 2.41. The van der Waals surface area contributed by atoms with E-state index in [0.717, 1.165) is 17.3 Å². The van der Waals surface area contributed by atoms with Crippen LogP contribution in [0.3, 0.4) is 0 Å². The van der Waals surface area contributed by atoms with Crippen molar-refractivity contribution >= 4 is 27.4 Å². The lowest BCUT2D eigenvalue weighted by atomic mass is 9.95. The van der Waals surface area contributed by atoms with E-state index >= 15 is 0 Å². The van der Waals surface area contributed by atoms with Gasteiger partial charge in [-0.25, -0.2) is 21.6 Å². The Morgan fingerprint density at radius 2 is 1.84 bits per heavy atom. The van der Waals surface area contributed by atoms with Crippen LogP contribution in [0.1, 0.15) is 39.2 Å². The van der Waals surface area contributed by atoms with Gasteiger partial charge in [0.2, 0.25) is 15.9 Å². The van der Waals surface area contributed by atoms with E-state index in [1.807, 2.05) is 6.07 Å². The predicted octanol–water partition coefficient (Wildman–Crippen LogP) is 4.76. The van der Waals surface area contributed by atoms with Crippen LogP contribution in [-0.2, 0) is 14.8 Å². The van der Waals surface area contributed by atoms with Crippen molar-refractivity contribution in [3.05, 3.63) is 47.8 Å². The first-order chi connectivity index (χ1) is 17.1. The molecule has 0 aromatic heterocycles. The van der Waals surface area contributed by atoms with Crippen molar-refractivity contribution in [2.45, 2.75) is 50.5 Å². The number of alkyl halides is 2. The standard InChI is InChI=1S/C25H28F3N3O5S/c1-24(2,23(32)33)15-36-21-12-22-20(11-16(21)13-29)31(18-7-5-17(26)6-8-18)14-19(9-10-25(3,27)28)30(4)37(22,34)35/h5-8,11-12,19H,9-10,14-15H2,1-4H3,(H,32,33)/t19-/m1/s1. The number of fused-ring (bicyclic) bond motifs is 1. The van der Waals surface area contributed by atoms with E-state index in [1.54, 1.807) is 4.90 Å². The van der Waals surface area contributed by atoms with E-state index in [4.69, 9.17) is 4.74 Å². The maximum Gasteiger partial charge on any atom is 0.312 e. The Labute approximate surface area is 213 Å². The Hall–Kier alpha value is -3.30. The molecule has 0 aliphatic carbocycles. The second kappa shape index (κ2) is 10.2. The maximum atomic E-state index is 13.7. The van der Waals surface area contributed by atoms with Crippen LogP contribution in [0, 0.1) is 22.6 Å². The van der Waals surface area contributed by atoms with Crippen LogP contribution in [0.4, 0.5) is 24.5 Å². The molecular formula is C25H28F3N3O5S. The number of carboxylic acids is 1. The fraction of sp³-hybridized carbons (Fsp3) is 0.440. The molecule has 200 valence electrons. The van der Waals surface area contributed by atoms with Crippen LogP contribution in [0.5, 0.6) is 5.75 Å². The Balaban J connectivity index is 2.19. The summed E-state index contributed by atoms with van der Waals surface area (Å²) in [5.74, 6) is -4.82. The number of anilines is 2. The van der Waals surface area contributed by atoms with Crippen LogP contribution in [-0.4, -0.2) is 56.0 Å². The van der Waals surface area contributed by atoms with Gasteiger partial charge in [-0.15, -0.1) is 0 Å². The van der Waals surface area contributed by atoms with Gasteiger partial charge in [-0.05, 0) is 57.5 Å². The second-order valence-corrected chi connectivity index (χ2v) is 11.7. The third-order valence-electron chi connectivity index (χ3n) is 6.26. The number of hydrogen-bond donors (Lipinski definition) is 1. The van der Waals surface area contributed by atoms with Crippen molar-refractivity contribution in [2.75, 3.05) is 25.1 Å². The van der Waals surface area contributed by atoms with Gasteiger partial charge in [0.25, 0.3) is 0 Å². The second-order valence-electron chi connectivity index (χ2n) is 9.78. The third kappa shape index (κ3) is 6.17. The molecule has 12 heteroatoms. The number of benzene rings is 2. The molecule has 8 nitrogen and oxygen atoms in total. The van der Waals surface area contributed by atoms with Crippen LogP contribution >= 0.6 is 0 Å². The van der Waals surface area contributed by atoms with E-state index in [9.17, 15) is 36.8 Å². The summed E-state index contributed by atoms with van der Waals surface area (Å²) < 4.78 is 75.0. The van der Waals surface area contributed by atoms with Gasteiger partial charge in [0.05, 0.1) is 16.7 Å². The minimum absolute atomic E-state index is 0.0401. The molecule has 0 saturated heterocycles. The number of nitriles is 1. The minimum atomic E-state index is -4.27. The number of carbonyl (C=O) groups is 1. The van der Waals surface area contributed by atoms with Gasteiger partial charge >= 0.3 is 5.97 Å². The highest BCUT2D eigenvalue weighted by atomic mass is 32.2. The molecule has 0 amide bonds. The zero-order valence-corrected chi connectivity index (χ0v) is 21.7. The van der Waals surface area contributed by atoms with Crippen molar-refractivity contribution in [2.24, 2.45) is 5.41 Å². The highest BCUT2D eigenvalue weighted by Gasteiger charge is 2.39. The summed E-state index contributed by atoms with van der Waals surface area (Å²) in [5, 5.41) is 19.1. The fourth-order valence-electron chi connectivity index (χ4n) is 3.83. The molecule has 0 unspecified atom stereocenters. The molecule has 1 aliphatic rings. The summed E-state index contributed by atoms with van der Waals surface area (Å²) in [6, 6.07) is 8.72. The molecule has 0 bridgehead atoms. The van der Waals surface area contributed by atoms with E-state index in [-0.39, 0.29) is 41.5 Å². The molecule has 0 saturated carbocycles. The molecule has 1 heterocycles. The number of ether oxygens (including phenoxy) is 1. The van der Waals surface area contributed by atoms with E-state index in [2.05, 4.69) is 0 Å². The molecule has 0 spiro atoms. The van der Waals surface area contributed by atoms with Gasteiger partial charge in [0.15, 0.2) is 0 Å². The highest BCUT2D eigenvalue weighted by molar-refractivity contribution is 7.89. The molecule has 1 aliphatic heterocycles. The van der Waals surface area contributed by atoms with E-state index in [0.29, 0.717) is 5.69 Å². The van der Waals surface area contributed by atoms with Crippen molar-refractivity contribution in [1.82, 2.24) is 4.31 Å². The molecule has 0 radical (unpaired) electrons. The quantitative estimate of drug-likeness (QED) is 0.515. The Morgan fingerprint density at radius 1 is 1.22 bits per heavy atom. The monoisotopic (exact) mass is 539 g/mol. The topological polar surface area (TPSA) is 111 Å². The summed E-state index contributed by atoms with van der Waals surface area (Å²) in [6.07, 6.45) is -0.723. The first-order valence-electron chi connectivity index (χ1n) is 11.4. The number of aliphatic carboxylic acids is 1. The van der Waals surface area contributed by atoms with Gasteiger partial charge in [-0.1, -0.05) is 0 Å². The number of nitrogens with zero attached hydrogens (tertiary/aromatic N) is 3. The largest absolute Gasteiger partial charge is 0.491 e. The lowest BCUT2D eigenvalue weighted by Gasteiger charge is -2.30. The van der Waals surface area contributed by atoms with Crippen LogP contribution in [0.25, 0.3) is 0 Å². The van der Waals surface area contributed by atoms with E-state index in [1.165, 1.54) is 51.2 Å². The Kier molecular flexibility index (Phi) is 7.81. The number of hydrogen-bond acceptors (Lipinski definition) is 6. The predicted molar refractivity (Wildman–Crippen MR) is 130 cm³/mol. The molecule has 3 rings (SSSR count). The van der Waals surface area contributed by atoms with Crippen LogP contribution < -0.4 is 9.64 Å². The number of likely N-dealkylation sites (N-methyl/N-ethyl adjacent to an activating group) is 1. The van der Waals surface area contributed by atoms with Crippen LogP contribution in [0.15, 0.2) is 41.3 Å². The first kappa shape index (κ1) is 28.3. The van der Waals surface area contributed by atoms with Crippen molar-refractivity contribution in [3.63, 3.8) is 0 Å². The lowest BCUT2D eigenvalue weighted by molar-refractivity contribution is -0.148. The summed E-state index contributed by atoms with van der Waals surface area (Å²) in [6.45, 7) is 3.20. The number of sulfonamides is 1. The summed E-state index contributed by atoms with van der Waals surface area (Å²) in [5.41, 5.74) is -0.897. The third-order valence-corrected chi connectivity index (χ3v) is 8.20. The van der Waals surface area contributed by atoms with Crippen molar-refractivity contribution in [3.8, 4) is 11.8 Å². The normalized spacial score (nSPS) is 18.0. The van der Waals surface area contributed by atoms with Crippen LogP contribution in [0.2, 0.25) is 0 Å². The molecule has 2 aromatic carbocycles. The zero-order valence-electron chi connectivity index (χ0n) is 20.8. The first-order valence-corrected chi connectivity index (χ1v) is 12.8. The Bertz CT molecular complexity index is 1320. The molecule has 2 aromatic rings. The van der Waals surface area contributed by atoms with Gasteiger partial charge in [0.1, 0.15) is 29.1 Å². The maximum absolute atomic E-state index is 13.7. The molecule has 1 atom stereocenters. The molecule has 0 fully saturated rings. The SMILES string of the molecule is CN1[C@H](CCC(C)(F)F)CN(c2ccc(F)cc2)c2cc(C#N)c(OCC(C)(C)C(=O)O)cc2S1(=O)=O. The minimum Gasteiger partial charge on any atom is -0.491 e. The van der Waals surface area contributed by atoms with Gasteiger partial charge in [-0.2, -0.15) is 9.57 Å². The number of halogens is 3. The fourth-order valence-corrected chi connectivity index (χ4v) is 5.39. The zero-order chi connectivity index (χ0) is 27.8. The van der Waals surface area contributed by atoms with Crippen molar-refractivity contribution in [1.29, 1.82) is 5.26 Å². The Morgan fingerprint density at radius 3 is 2.38 bits per heavy atom. The summed E-state index contributed by atoms with van der Waals surface area (Å²) in [7, 11) is -2.98. The smallest absolute Gasteiger partial charge is 0.312 e. The van der Waals surface area contributed by atoms with Gasteiger partial charge in [-0.3, -0.25) is 4.79 Å². The average molecular weight is 540 g/mol. The number of rotatable bonds is 8. The van der Waals surface area contributed by atoms with Crippen molar-refractivity contribution < 1.29 is 36.2 Å². The average Bonchev–Trinajstić information content (AvgIpc) is 2.89. The number of carboxylic acid groups (broad SMARTS) is 1.